The first kappa shape index (κ1) is 16.5. The fourth-order valence-corrected chi connectivity index (χ4v) is 2.86. The van der Waals surface area contributed by atoms with E-state index in [9.17, 15) is 18.0 Å². The Labute approximate surface area is 136 Å². The van der Waals surface area contributed by atoms with Gasteiger partial charge in [-0.1, -0.05) is 0 Å². The molecule has 2 aromatic rings. The average molecular weight is 339 g/mol. The van der Waals surface area contributed by atoms with Gasteiger partial charge in [0.2, 0.25) is 0 Å². The summed E-state index contributed by atoms with van der Waals surface area (Å²) in [6.45, 7) is 2.40. The number of ether oxygens (including phenoxy) is 1. The molecule has 0 aliphatic carbocycles. The first-order chi connectivity index (χ1) is 11.3. The molecule has 0 spiro atoms. The Kier molecular flexibility index (Phi) is 4.08. The first-order valence-corrected chi connectivity index (χ1v) is 7.35. The van der Waals surface area contributed by atoms with Crippen molar-refractivity contribution in [2.24, 2.45) is 0 Å². The van der Waals surface area contributed by atoms with Crippen LogP contribution in [0, 0.1) is 6.92 Å². The zero-order valence-corrected chi connectivity index (χ0v) is 13.2. The van der Waals surface area contributed by atoms with Crippen LogP contribution in [0.1, 0.15) is 27.7 Å². The van der Waals surface area contributed by atoms with Crippen molar-refractivity contribution >= 4 is 11.6 Å². The van der Waals surface area contributed by atoms with Crippen molar-refractivity contribution in [3.05, 3.63) is 47.3 Å². The maximum Gasteiger partial charge on any atom is 0.416 e. The molecular formula is C16H16F3N3O2. The smallest absolute Gasteiger partial charge is 0.382 e. The molecule has 0 radical (unpaired) electrons. The van der Waals surface area contributed by atoms with Gasteiger partial charge in [-0.3, -0.25) is 9.48 Å². The molecule has 1 aromatic carbocycles. The van der Waals surface area contributed by atoms with Gasteiger partial charge in [-0.15, -0.1) is 0 Å². The highest BCUT2D eigenvalue weighted by Crippen LogP contribution is 2.32. The molecule has 3 rings (SSSR count). The van der Waals surface area contributed by atoms with E-state index in [0.717, 1.165) is 17.7 Å². The number of amides is 1. The van der Waals surface area contributed by atoms with Gasteiger partial charge in [0.15, 0.2) is 0 Å². The molecule has 0 N–H and O–H groups in total. The minimum Gasteiger partial charge on any atom is -0.382 e. The van der Waals surface area contributed by atoms with E-state index in [1.807, 2.05) is 0 Å². The van der Waals surface area contributed by atoms with Crippen molar-refractivity contribution < 1.29 is 22.7 Å². The van der Waals surface area contributed by atoms with Crippen molar-refractivity contribution in [3.8, 4) is 0 Å². The van der Waals surface area contributed by atoms with Crippen LogP contribution in [-0.2, 0) is 10.9 Å². The summed E-state index contributed by atoms with van der Waals surface area (Å²) in [6, 6.07) is 4.38. The average Bonchev–Trinajstić information content (AvgIpc) is 2.92. The number of nitrogens with zero attached hydrogens (tertiary/aromatic N) is 3. The number of alkyl halides is 3. The first-order valence-electron chi connectivity index (χ1n) is 7.35. The second-order valence-corrected chi connectivity index (χ2v) is 5.69. The van der Waals surface area contributed by atoms with Gasteiger partial charge in [-0.05, 0) is 31.2 Å². The minimum absolute atomic E-state index is 0.196. The fraction of sp³-hybridized carbons (Fsp3) is 0.375. The lowest BCUT2D eigenvalue weighted by atomic mass is 10.1. The Balaban J connectivity index is 1.97. The van der Waals surface area contributed by atoms with Gasteiger partial charge in [0.05, 0.1) is 31.0 Å². The molecule has 0 bridgehead atoms. The van der Waals surface area contributed by atoms with E-state index in [2.05, 4.69) is 5.10 Å². The lowest BCUT2D eigenvalue weighted by Gasteiger charge is -2.33. The zero-order valence-electron chi connectivity index (χ0n) is 13.2. The second-order valence-electron chi connectivity index (χ2n) is 5.69. The number of carbonyl (C=O) groups excluding carboxylic acids is 1. The van der Waals surface area contributed by atoms with Crippen molar-refractivity contribution in [2.45, 2.75) is 19.1 Å². The third kappa shape index (κ3) is 2.77. The van der Waals surface area contributed by atoms with Gasteiger partial charge in [-0.2, -0.15) is 18.3 Å². The van der Waals surface area contributed by atoms with Crippen LogP contribution < -0.4 is 4.90 Å². The third-order valence-electron chi connectivity index (χ3n) is 4.03. The van der Waals surface area contributed by atoms with Gasteiger partial charge >= 0.3 is 6.18 Å². The maximum absolute atomic E-state index is 12.7. The number of carbonyl (C=O) groups is 1. The summed E-state index contributed by atoms with van der Waals surface area (Å²) in [5.74, 6) is -0.280. The van der Waals surface area contributed by atoms with Crippen LogP contribution in [-0.4, -0.2) is 35.9 Å². The monoisotopic (exact) mass is 339 g/mol. The van der Waals surface area contributed by atoms with Gasteiger partial charge in [-0.25, -0.2) is 0 Å². The van der Waals surface area contributed by atoms with Crippen LogP contribution >= 0.6 is 0 Å². The van der Waals surface area contributed by atoms with Crippen LogP contribution in [0.2, 0.25) is 0 Å². The molecule has 0 saturated heterocycles. The van der Waals surface area contributed by atoms with Crippen molar-refractivity contribution in [3.63, 3.8) is 0 Å². The zero-order chi connectivity index (χ0) is 17.5. The molecule has 1 unspecified atom stereocenters. The number of hydrogen-bond donors (Lipinski definition) is 0. The third-order valence-corrected chi connectivity index (χ3v) is 4.03. The standard InChI is InChI=1S/C16H16F3N3O2/c1-10-7-20-22-13(9-24-2)8-21(15(23)14(10)22)12-5-3-11(4-6-12)16(17,18)19/h3-7,13H,8-9H2,1-2H3. The van der Waals surface area contributed by atoms with E-state index in [1.165, 1.54) is 17.0 Å². The summed E-state index contributed by atoms with van der Waals surface area (Å²) in [5.41, 5.74) is 0.826. The van der Waals surface area contributed by atoms with E-state index in [0.29, 0.717) is 18.0 Å². The van der Waals surface area contributed by atoms with Crippen LogP contribution in [0.15, 0.2) is 30.5 Å². The van der Waals surface area contributed by atoms with Gasteiger partial charge < -0.3 is 9.64 Å². The maximum atomic E-state index is 12.7. The summed E-state index contributed by atoms with van der Waals surface area (Å²) < 4.78 is 44.9. The summed E-state index contributed by atoms with van der Waals surface area (Å²) in [4.78, 5) is 14.2. The summed E-state index contributed by atoms with van der Waals surface area (Å²) >= 11 is 0. The van der Waals surface area contributed by atoms with E-state index in [1.54, 1.807) is 24.9 Å². The second kappa shape index (κ2) is 5.94. The number of rotatable bonds is 3. The number of aryl methyl sites for hydroxylation is 1. The quantitative estimate of drug-likeness (QED) is 0.863. The molecule has 0 fully saturated rings. The molecule has 128 valence electrons. The predicted octanol–water partition coefficient (Wildman–Crippen LogP) is 3.06. The highest BCUT2D eigenvalue weighted by atomic mass is 19.4. The highest BCUT2D eigenvalue weighted by Gasteiger charge is 2.35. The largest absolute Gasteiger partial charge is 0.416 e. The predicted molar refractivity (Wildman–Crippen MR) is 81.0 cm³/mol. The Bertz CT molecular complexity index is 753. The van der Waals surface area contributed by atoms with Crippen LogP contribution in [0.25, 0.3) is 0 Å². The SMILES string of the molecule is COCC1CN(c2ccc(C(F)(F)F)cc2)C(=O)c2c(C)cnn21. The number of benzene rings is 1. The minimum atomic E-state index is -4.40. The number of methoxy groups -OCH3 is 1. The lowest BCUT2D eigenvalue weighted by Crippen LogP contribution is -2.45. The van der Waals surface area contributed by atoms with Crippen molar-refractivity contribution in [1.82, 2.24) is 9.78 Å². The normalized spacial score (nSPS) is 18.0. The Morgan fingerprint density at radius 2 is 1.96 bits per heavy atom. The molecule has 1 amide bonds. The van der Waals surface area contributed by atoms with Crippen molar-refractivity contribution in [1.29, 1.82) is 0 Å². The van der Waals surface area contributed by atoms with Crippen LogP contribution in [0.5, 0.6) is 0 Å². The van der Waals surface area contributed by atoms with Gasteiger partial charge in [0.1, 0.15) is 5.69 Å². The Morgan fingerprint density at radius 1 is 1.29 bits per heavy atom. The number of aromatic nitrogens is 2. The van der Waals surface area contributed by atoms with E-state index < -0.39 is 11.7 Å². The summed E-state index contributed by atoms with van der Waals surface area (Å²) in [6.07, 6.45) is -2.80. The molecular weight excluding hydrogens is 323 g/mol. The van der Waals surface area contributed by atoms with E-state index in [4.69, 9.17) is 4.74 Å². The number of hydrogen-bond acceptors (Lipinski definition) is 3. The van der Waals surface area contributed by atoms with Crippen molar-refractivity contribution in [2.75, 3.05) is 25.2 Å². The molecule has 0 saturated carbocycles. The number of fused-ring (bicyclic) bond motifs is 1. The molecule has 24 heavy (non-hydrogen) atoms. The lowest BCUT2D eigenvalue weighted by molar-refractivity contribution is -0.137. The van der Waals surface area contributed by atoms with E-state index in [-0.39, 0.29) is 18.5 Å². The molecule has 1 aliphatic rings. The summed E-state index contributed by atoms with van der Waals surface area (Å²) in [7, 11) is 1.55. The molecule has 2 heterocycles. The van der Waals surface area contributed by atoms with E-state index >= 15 is 0 Å². The Hall–Kier alpha value is -2.35. The molecule has 1 atom stereocenters. The summed E-state index contributed by atoms with van der Waals surface area (Å²) in [5, 5.41) is 4.22. The van der Waals surface area contributed by atoms with Gasteiger partial charge in [0, 0.05) is 18.4 Å². The highest BCUT2D eigenvalue weighted by molar-refractivity contribution is 6.06. The number of halogens is 3. The molecule has 8 heteroatoms. The van der Waals surface area contributed by atoms with Gasteiger partial charge in [0.25, 0.3) is 5.91 Å². The van der Waals surface area contributed by atoms with Crippen LogP contribution in [0.4, 0.5) is 18.9 Å². The molecule has 1 aliphatic heterocycles. The Morgan fingerprint density at radius 3 is 2.54 bits per heavy atom. The topological polar surface area (TPSA) is 47.4 Å². The number of anilines is 1. The van der Waals surface area contributed by atoms with Crippen LogP contribution in [0.3, 0.4) is 0 Å². The fourth-order valence-electron chi connectivity index (χ4n) is 2.86. The molecule has 1 aromatic heterocycles. The molecule has 5 nitrogen and oxygen atoms in total.